The molecule has 0 aliphatic carbocycles. The fraction of sp³-hybridized carbons (Fsp3) is 0.100. The molecule has 0 saturated heterocycles. The summed E-state index contributed by atoms with van der Waals surface area (Å²) in [6.45, 7) is 2.42. The summed E-state index contributed by atoms with van der Waals surface area (Å²) in [4.78, 5) is 15.8. The number of hydrogen-bond donors (Lipinski definition) is 2. The van der Waals surface area contributed by atoms with Gasteiger partial charge in [-0.2, -0.15) is 0 Å². The highest BCUT2D eigenvalue weighted by Gasteiger charge is 2.15. The molecule has 5 heteroatoms. The molecule has 3 rings (SSSR count). The summed E-state index contributed by atoms with van der Waals surface area (Å²) in [6, 6.07) is 16.7. The molecule has 0 atom stereocenters. The Hall–Kier alpha value is -3.34. The Morgan fingerprint density at radius 2 is 1.96 bits per heavy atom. The minimum atomic E-state index is 0.512. The van der Waals surface area contributed by atoms with Gasteiger partial charge in [-0.15, -0.1) is 0 Å². The lowest BCUT2D eigenvalue weighted by molar-refractivity contribution is 0.112. The summed E-state index contributed by atoms with van der Waals surface area (Å²) in [5.74, 6) is 1.23. The largest absolute Gasteiger partial charge is 0.493 e. The molecule has 0 radical (unpaired) electrons. The monoisotopic (exact) mass is 333 g/mol. The second-order valence-corrected chi connectivity index (χ2v) is 5.38. The Morgan fingerprint density at radius 1 is 1.12 bits per heavy atom. The quantitative estimate of drug-likeness (QED) is 0.658. The Bertz CT molecular complexity index is 894. The summed E-state index contributed by atoms with van der Waals surface area (Å²) in [7, 11) is 0. The van der Waals surface area contributed by atoms with E-state index in [1.54, 1.807) is 24.4 Å². The number of nitrogens with two attached hydrogens (primary N) is 1. The number of carbonyl (C=O) groups is 1. The predicted molar refractivity (Wildman–Crippen MR) is 100 cm³/mol. The molecule has 3 aromatic rings. The van der Waals surface area contributed by atoms with E-state index >= 15 is 0 Å². The number of hydrogen-bond acceptors (Lipinski definition) is 5. The molecule has 0 amide bonds. The van der Waals surface area contributed by atoms with Crippen molar-refractivity contribution in [3.8, 4) is 16.9 Å². The second-order valence-electron chi connectivity index (χ2n) is 5.38. The summed E-state index contributed by atoms with van der Waals surface area (Å²) in [6.07, 6.45) is 2.51. The standard InChI is InChI=1S/C20H19N3O2/c1-2-25-18-11-5-7-14(13-24)19(18)15-8-3-4-10-17(15)23-20-16(21)9-6-12-22-20/h3-13H,2,21H2,1H3,(H,22,23). The van der Waals surface area contributed by atoms with Gasteiger partial charge in [0.25, 0.3) is 0 Å². The number of aromatic nitrogens is 1. The molecule has 0 fully saturated rings. The number of anilines is 3. The van der Waals surface area contributed by atoms with Crippen LogP contribution in [0.25, 0.3) is 11.1 Å². The van der Waals surface area contributed by atoms with Crippen LogP contribution in [0.15, 0.2) is 60.8 Å². The number of para-hydroxylation sites is 1. The summed E-state index contributed by atoms with van der Waals surface area (Å²) < 4.78 is 5.74. The van der Waals surface area contributed by atoms with E-state index in [1.165, 1.54) is 0 Å². The van der Waals surface area contributed by atoms with Gasteiger partial charge in [0, 0.05) is 28.6 Å². The van der Waals surface area contributed by atoms with E-state index in [2.05, 4.69) is 10.3 Å². The zero-order valence-corrected chi connectivity index (χ0v) is 13.9. The topological polar surface area (TPSA) is 77.2 Å². The van der Waals surface area contributed by atoms with Gasteiger partial charge in [-0.1, -0.05) is 30.3 Å². The summed E-state index contributed by atoms with van der Waals surface area (Å²) >= 11 is 0. The lowest BCUT2D eigenvalue weighted by Gasteiger charge is -2.17. The van der Waals surface area contributed by atoms with E-state index in [0.717, 1.165) is 23.1 Å². The van der Waals surface area contributed by atoms with E-state index in [-0.39, 0.29) is 0 Å². The van der Waals surface area contributed by atoms with E-state index in [4.69, 9.17) is 10.5 Å². The van der Waals surface area contributed by atoms with Crippen LogP contribution in [0, 0.1) is 0 Å². The summed E-state index contributed by atoms with van der Waals surface area (Å²) in [5.41, 5.74) is 9.48. The minimum Gasteiger partial charge on any atom is -0.493 e. The van der Waals surface area contributed by atoms with Crippen LogP contribution in [-0.4, -0.2) is 17.9 Å². The number of pyridine rings is 1. The van der Waals surface area contributed by atoms with Crippen LogP contribution < -0.4 is 15.8 Å². The van der Waals surface area contributed by atoms with Crippen molar-refractivity contribution >= 4 is 23.5 Å². The molecule has 0 unspecified atom stereocenters. The van der Waals surface area contributed by atoms with E-state index < -0.39 is 0 Å². The van der Waals surface area contributed by atoms with Crippen LogP contribution in [0.4, 0.5) is 17.2 Å². The second kappa shape index (κ2) is 7.49. The van der Waals surface area contributed by atoms with Gasteiger partial charge in [-0.25, -0.2) is 4.98 Å². The lowest BCUT2D eigenvalue weighted by atomic mass is 9.97. The number of nitrogens with one attached hydrogen (secondary N) is 1. The average molecular weight is 333 g/mol. The van der Waals surface area contributed by atoms with E-state index in [1.807, 2.05) is 43.3 Å². The maximum Gasteiger partial charge on any atom is 0.153 e. The third kappa shape index (κ3) is 3.45. The fourth-order valence-electron chi connectivity index (χ4n) is 2.67. The number of rotatable bonds is 6. The van der Waals surface area contributed by atoms with Crippen molar-refractivity contribution in [2.75, 3.05) is 17.7 Å². The van der Waals surface area contributed by atoms with Crippen LogP contribution in [0.5, 0.6) is 5.75 Å². The van der Waals surface area contributed by atoms with Gasteiger partial charge >= 0.3 is 0 Å². The van der Waals surface area contributed by atoms with Crippen LogP contribution in [-0.2, 0) is 0 Å². The Labute approximate surface area is 146 Å². The third-order valence-electron chi connectivity index (χ3n) is 3.77. The molecular weight excluding hydrogens is 314 g/mol. The SMILES string of the molecule is CCOc1cccc(C=O)c1-c1ccccc1Nc1ncccc1N. The molecule has 5 nitrogen and oxygen atoms in total. The van der Waals surface area contributed by atoms with Gasteiger partial charge in [0.15, 0.2) is 12.1 Å². The van der Waals surface area contributed by atoms with Gasteiger partial charge < -0.3 is 15.8 Å². The van der Waals surface area contributed by atoms with Gasteiger partial charge in [0.05, 0.1) is 12.3 Å². The normalized spacial score (nSPS) is 10.3. The number of carbonyl (C=O) groups excluding carboxylic acids is 1. The highest BCUT2D eigenvalue weighted by Crippen LogP contribution is 2.38. The summed E-state index contributed by atoms with van der Waals surface area (Å²) in [5, 5.41) is 3.25. The van der Waals surface area contributed by atoms with Crippen molar-refractivity contribution < 1.29 is 9.53 Å². The predicted octanol–water partition coefficient (Wildman–Crippen LogP) is 4.29. The van der Waals surface area contributed by atoms with Gasteiger partial charge in [0.1, 0.15) is 5.75 Å². The van der Waals surface area contributed by atoms with E-state index in [9.17, 15) is 4.79 Å². The van der Waals surface area contributed by atoms with Crippen LogP contribution in [0.1, 0.15) is 17.3 Å². The molecular formula is C20H19N3O2. The van der Waals surface area contributed by atoms with Crippen molar-refractivity contribution in [3.05, 3.63) is 66.4 Å². The van der Waals surface area contributed by atoms with Crippen molar-refractivity contribution in [1.29, 1.82) is 0 Å². The lowest BCUT2D eigenvalue weighted by Crippen LogP contribution is -2.02. The maximum atomic E-state index is 11.6. The Balaban J connectivity index is 2.13. The Kier molecular flexibility index (Phi) is 4.95. The van der Waals surface area contributed by atoms with E-state index in [0.29, 0.717) is 29.4 Å². The van der Waals surface area contributed by atoms with Crippen LogP contribution in [0.3, 0.4) is 0 Å². The first kappa shape index (κ1) is 16.5. The smallest absolute Gasteiger partial charge is 0.153 e. The first-order valence-corrected chi connectivity index (χ1v) is 8.02. The minimum absolute atomic E-state index is 0.512. The van der Waals surface area contributed by atoms with Crippen molar-refractivity contribution in [2.24, 2.45) is 0 Å². The number of benzene rings is 2. The van der Waals surface area contributed by atoms with Crippen molar-refractivity contribution in [2.45, 2.75) is 6.92 Å². The van der Waals surface area contributed by atoms with Gasteiger partial charge in [0.2, 0.25) is 0 Å². The Morgan fingerprint density at radius 3 is 2.72 bits per heavy atom. The first-order valence-electron chi connectivity index (χ1n) is 8.02. The van der Waals surface area contributed by atoms with Gasteiger partial charge in [-0.05, 0) is 31.2 Å². The number of aldehydes is 1. The molecule has 0 aliphatic rings. The number of nitrogens with zero attached hydrogens (tertiary/aromatic N) is 1. The molecule has 0 saturated carbocycles. The van der Waals surface area contributed by atoms with Crippen LogP contribution in [0.2, 0.25) is 0 Å². The average Bonchev–Trinajstić information content (AvgIpc) is 2.64. The molecule has 1 aromatic heterocycles. The van der Waals surface area contributed by atoms with Crippen molar-refractivity contribution in [1.82, 2.24) is 4.98 Å². The molecule has 2 aromatic carbocycles. The molecule has 3 N–H and O–H groups in total. The molecule has 0 aliphatic heterocycles. The molecule has 126 valence electrons. The molecule has 0 spiro atoms. The number of ether oxygens (including phenoxy) is 1. The molecule has 25 heavy (non-hydrogen) atoms. The zero-order valence-electron chi connectivity index (χ0n) is 13.9. The molecule has 0 bridgehead atoms. The molecule has 1 heterocycles. The highest BCUT2D eigenvalue weighted by molar-refractivity contribution is 5.95. The third-order valence-corrected chi connectivity index (χ3v) is 3.77. The van der Waals surface area contributed by atoms with Crippen molar-refractivity contribution in [3.63, 3.8) is 0 Å². The van der Waals surface area contributed by atoms with Gasteiger partial charge in [-0.3, -0.25) is 4.79 Å². The maximum absolute atomic E-state index is 11.6. The zero-order chi connectivity index (χ0) is 17.6. The highest BCUT2D eigenvalue weighted by atomic mass is 16.5. The number of nitrogen functional groups attached to an aromatic ring is 1. The first-order chi connectivity index (χ1) is 12.2. The fourth-order valence-corrected chi connectivity index (χ4v) is 2.67. The van der Waals surface area contributed by atoms with Crippen LogP contribution >= 0.6 is 0 Å².